The molecule has 1 aliphatic heterocycles. The Morgan fingerprint density at radius 1 is 0.964 bits per heavy atom. The van der Waals surface area contributed by atoms with E-state index in [0.717, 1.165) is 69.6 Å². The quantitative estimate of drug-likeness (QED) is 0.0292. The molecule has 3 N–H and O–H groups in total. The lowest BCUT2D eigenvalue weighted by Gasteiger charge is -2.32. The van der Waals surface area contributed by atoms with Crippen LogP contribution in [0.2, 0.25) is 0 Å². The summed E-state index contributed by atoms with van der Waals surface area (Å²) in [6.07, 6.45) is 22.1. The molecule has 1 fully saturated rings. The van der Waals surface area contributed by atoms with Gasteiger partial charge >= 0.3 is 5.97 Å². The first-order valence-electron chi connectivity index (χ1n) is 20.4. The van der Waals surface area contributed by atoms with Crippen LogP contribution in [0.4, 0.5) is 0 Å². The van der Waals surface area contributed by atoms with Gasteiger partial charge in [0.05, 0.1) is 19.3 Å². The first-order chi connectivity index (χ1) is 26.6. The molecule has 0 unspecified atom stereocenters. The van der Waals surface area contributed by atoms with Crippen LogP contribution in [0.25, 0.3) is 0 Å². The Bertz CT molecular complexity index is 1450. The number of ketones is 2. The predicted octanol–water partition coefficient (Wildman–Crippen LogP) is 7.67. The van der Waals surface area contributed by atoms with Crippen LogP contribution in [0.3, 0.4) is 0 Å². The number of hydrogen-bond donors (Lipinski definition) is 3. The highest BCUT2D eigenvalue weighted by Gasteiger charge is 2.36. The lowest BCUT2D eigenvalue weighted by atomic mass is 9.81. The van der Waals surface area contributed by atoms with Crippen LogP contribution in [-0.4, -0.2) is 83.9 Å². The second kappa shape index (κ2) is 25.0. The number of carbonyl (C=O) groups excluding carboxylic acids is 4. The van der Waals surface area contributed by atoms with Crippen LogP contribution in [0.5, 0.6) is 0 Å². The van der Waals surface area contributed by atoms with Crippen LogP contribution in [0, 0.1) is 29.1 Å². The third-order valence-corrected chi connectivity index (χ3v) is 11.3. The molecular formula is C46H70O10. The largest absolute Gasteiger partial charge is 0.487 e. The number of carbonyl (C=O) groups is 4. The molecule has 314 valence electrons. The molecule has 2 aliphatic rings. The molecule has 10 heteroatoms. The summed E-state index contributed by atoms with van der Waals surface area (Å²) in [4.78, 5) is 49.6. The fraction of sp³-hybridized carbons (Fsp3) is 0.652. The smallest absolute Gasteiger partial charge is 0.316 e. The average molecular weight is 783 g/mol. The molecule has 0 aromatic rings. The van der Waals surface area contributed by atoms with Gasteiger partial charge in [0.2, 0.25) is 0 Å². The number of aliphatic hydroxyl groups is 3. The molecule has 0 spiro atoms. The van der Waals surface area contributed by atoms with E-state index in [9.17, 15) is 34.5 Å². The normalized spacial score (nSPS) is 22.9. The first kappa shape index (κ1) is 48.7. The number of Topliss-reactive ketones (excluding diaryl/α,β-unsaturated/α-hetero) is 1. The highest BCUT2D eigenvalue weighted by molar-refractivity contribution is 5.91. The lowest BCUT2D eigenvalue weighted by molar-refractivity contribution is -0.167. The maximum absolute atomic E-state index is 13.3. The molecule has 0 bridgehead atoms. The van der Waals surface area contributed by atoms with Crippen LogP contribution in [-0.2, 0) is 33.4 Å². The summed E-state index contributed by atoms with van der Waals surface area (Å²) >= 11 is 0. The van der Waals surface area contributed by atoms with E-state index in [1.54, 1.807) is 19.1 Å². The first-order valence-corrected chi connectivity index (χ1v) is 20.4. The van der Waals surface area contributed by atoms with Crippen molar-refractivity contribution in [2.24, 2.45) is 29.1 Å². The van der Waals surface area contributed by atoms with Gasteiger partial charge in [-0.15, -0.1) is 0 Å². The number of methoxy groups -OCH3 is 1. The number of esters is 1. The molecule has 0 aromatic carbocycles. The van der Waals surface area contributed by atoms with Crippen molar-refractivity contribution in [2.45, 2.75) is 144 Å². The lowest BCUT2D eigenvalue weighted by Crippen LogP contribution is -2.40. The predicted molar refractivity (Wildman–Crippen MR) is 219 cm³/mol. The number of aliphatic hydroxyl groups excluding tert-OH is 3. The van der Waals surface area contributed by atoms with E-state index in [0.29, 0.717) is 23.7 Å². The molecule has 56 heavy (non-hydrogen) atoms. The Kier molecular flexibility index (Phi) is 21.8. The molecule has 1 aliphatic carbocycles. The van der Waals surface area contributed by atoms with Crippen LogP contribution < -0.4 is 0 Å². The average Bonchev–Trinajstić information content (AvgIpc) is 3.18. The molecular weight excluding hydrogens is 712 g/mol. The Hall–Kier alpha value is -3.44. The SMILES string of the molecule is CO[C@@H](C(=O)[C@H](C)C[C@H](C)/C=C/C=C/C=C(\C)CC[C@@H]1CCC(C)=C(C=O)O1)[C@H](O)/C(C)=C/CC(=O)/C=C/[C@H](C)CC1CCC(OC(=O)C(C)(CO)CO)CC1. The molecule has 0 aromatic heterocycles. The van der Waals surface area contributed by atoms with Crippen molar-refractivity contribution in [3.8, 4) is 0 Å². The second-order valence-corrected chi connectivity index (χ2v) is 16.6. The Morgan fingerprint density at radius 2 is 1.64 bits per heavy atom. The Balaban J connectivity index is 1.76. The number of rotatable bonds is 24. The maximum atomic E-state index is 13.3. The Labute approximate surface area is 335 Å². The molecule has 1 heterocycles. The second-order valence-electron chi connectivity index (χ2n) is 16.6. The van der Waals surface area contributed by atoms with E-state index < -0.39 is 36.8 Å². The van der Waals surface area contributed by atoms with E-state index in [2.05, 4.69) is 26.0 Å². The summed E-state index contributed by atoms with van der Waals surface area (Å²) in [5, 5.41) is 29.9. The maximum Gasteiger partial charge on any atom is 0.316 e. The van der Waals surface area contributed by atoms with Gasteiger partial charge in [-0.1, -0.05) is 68.9 Å². The summed E-state index contributed by atoms with van der Waals surface area (Å²) in [5.41, 5.74) is 1.47. The van der Waals surface area contributed by atoms with Crippen molar-refractivity contribution < 1.29 is 48.7 Å². The van der Waals surface area contributed by atoms with Gasteiger partial charge < -0.3 is 29.5 Å². The van der Waals surface area contributed by atoms with Crippen molar-refractivity contribution >= 4 is 23.8 Å². The minimum absolute atomic E-state index is 0.0745. The fourth-order valence-electron chi connectivity index (χ4n) is 7.14. The van der Waals surface area contributed by atoms with E-state index in [1.165, 1.54) is 19.6 Å². The zero-order valence-corrected chi connectivity index (χ0v) is 35.2. The topological polar surface area (TPSA) is 157 Å². The zero-order chi connectivity index (χ0) is 41.8. The molecule has 0 saturated heterocycles. The number of aldehydes is 1. The van der Waals surface area contributed by atoms with Crippen LogP contribution >= 0.6 is 0 Å². The van der Waals surface area contributed by atoms with Crippen molar-refractivity contribution in [2.75, 3.05) is 20.3 Å². The molecule has 0 amide bonds. The molecule has 0 radical (unpaired) electrons. The van der Waals surface area contributed by atoms with Crippen molar-refractivity contribution in [1.29, 1.82) is 0 Å². The van der Waals surface area contributed by atoms with Gasteiger partial charge in [0.25, 0.3) is 0 Å². The number of ether oxygens (including phenoxy) is 3. The molecule has 1 saturated carbocycles. The minimum atomic E-state index is -1.29. The third kappa shape index (κ3) is 16.6. The standard InChI is InChI=1S/C46H70O10/c1-31(15-22-39-23-17-34(4)41(28-47)55-39)12-10-9-11-13-32(2)26-36(6)43(52)44(54-8)42(51)35(5)16-21-38(50)20-14-33(3)27-37-18-24-40(25-19-37)56-45(53)46(7,29-48)30-49/h9-14,16,20,28,32-33,36-37,39-40,42,44,48-49,51H,15,17-19,21-27,29-30H2,1-8H3/b10-9+,13-11+,20-14+,31-12+,35-16+/t32-,33+,36-,37?,39-,40?,42-,44-/m1/s1. The zero-order valence-electron chi connectivity index (χ0n) is 35.2. The van der Waals surface area contributed by atoms with E-state index in [4.69, 9.17) is 14.2 Å². The van der Waals surface area contributed by atoms with Gasteiger partial charge in [-0.2, -0.15) is 0 Å². The summed E-state index contributed by atoms with van der Waals surface area (Å²) in [5.74, 6) is 0.0250. The molecule has 6 atom stereocenters. The molecule has 10 nitrogen and oxygen atoms in total. The van der Waals surface area contributed by atoms with Crippen molar-refractivity contribution in [1.82, 2.24) is 0 Å². The van der Waals surface area contributed by atoms with Crippen LogP contribution in [0.1, 0.15) is 119 Å². The van der Waals surface area contributed by atoms with E-state index in [1.807, 2.05) is 45.1 Å². The van der Waals surface area contributed by atoms with E-state index >= 15 is 0 Å². The van der Waals surface area contributed by atoms with Gasteiger partial charge in [-0.3, -0.25) is 19.2 Å². The summed E-state index contributed by atoms with van der Waals surface area (Å²) < 4.78 is 16.8. The van der Waals surface area contributed by atoms with Gasteiger partial charge in [-0.25, -0.2) is 0 Å². The summed E-state index contributed by atoms with van der Waals surface area (Å²) in [7, 11) is 1.41. The van der Waals surface area contributed by atoms with Gasteiger partial charge in [0, 0.05) is 19.4 Å². The fourth-order valence-corrected chi connectivity index (χ4v) is 7.14. The highest BCUT2D eigenvalue weighted by Crippen LogP contribution is 2.33. The Morgan fingerprint density at radius 3 is 2.27 bits per heavy atom. The highest BCUT2D eigenvalue weighted by atomic mass is 16.5. The van der Waals surface area contributed by atoms with Crippen LogP contribution in [0.15, 0.2) is 71.1 Å². The summed E-state index contributed by atoms with van der Waals surface area (Å²) in [6, 6.07) is 0. The molecule has 2 rings (SSSR count). The van der Waals surface area contributed by atoms with Crippen molar-refractivity contribution in [3.05, 3.63) is 71.1 Å². The van der Waals surface area contributed by atoms with E-state index in [-0.39, 0.29) is 47.9 Å². The third-order valence-electron chi connectivity index (χ3n) is 11.3. The number of allylic oxidation sites excluding steroid dienone is 11. The number of hydrogen-bond acceptors (Lipinski definition) is 10. The minimum Gasteiger partial charge on any atom is -0.487 e. The monoisotopic (exact) mass is 782 g/mol. The van der Waals surface area contributed by atoms with Gasteiger partial charge in [-0.05, 0) is 127 Å². The summed E-state index contributed by atoms with van der Waals surface area (Å²) in [6.45, 7) is 12.2. The van der Waals surface area contributed by atoms with Crippen molar-refractivity contribution in [3.63, 3.8) is 0 Å². The van der Waals surface area contributed by atoms with Gasteiger partial charge in [0.1, 0.15) is 23.7 Å². The van der Waals surface area contributed by atoms with Gasteiger partial charge in [0.15, 0.2) is 23.6 Å².